The molecule has 0 saturated carbocycles. The van der Waals surface area contributed by atoms with Gasteiger partial charge in [-0.2, -0.15) is 0 Å². The SMILES string of the molecule is O=C(O)c1cc2ccccc2cc1OCCN1CCCCC1. The fourth-order valence-corrected chi connectivity index (χ4v) is 2.97. The Hall–Kier alpha value is -2.07. The van der Waals surface area contributed by atoms with Crippen LogP contribution in [0.25, 0.3) is 10.8 Å². The molecule has 1 aliphatic rings. The summed E-state index contributed by atoms with van der Waals surface area (Å²) in [6.07, 6.45) is 3.80. The summed E-state index contributed by atoms with van der Waals surface area (Å²) >= 11 is 0. The van der Waals surface area contributed by atoms with Gasteiger partial charge in [0.15, 0.2) is 0 Å². The van der Waals surface area contributed by atoms with E-state index in [1.54, 1.807) is 6.07 Å². The molecule has 2 aromatic rings. The highest BCUT2D eigenvalue weighted by molar-refractivity contribution is 5.97. The van der Waals surface area contributed by atoms with Gasteiger partial charge in [0.1, 0.15) is 17.9 Å². The molecule has 0 radical (unpaired) electrons. The summed E-state index contributed by atoms with van der Waals surface area (Å²) in [5, 5.41) is 11.3. The number of ether oxygens (including phenoxy) is 1. The number of benzene rings is 2. The molecule has 1 fully saturated rings. The number of aromatic carboxylic acids is 1. The summed E-state index contributed by atoms with van der Waals surface area (Å²) in [6.45, 7) is 3.62. The number of hydrogen-bond acceptors (Lipinski definition) is 3. The molecule has 1 N–H and O–H groups in total. The summed E-state index contributed by atoms with van der Waals surface area (Å²) in [5.41, 5.74) is 0.234. The predicted molar refractivity (Wildman–Crippen MR) is 86.7 cm³/mol. The first-order valence-electron chi connectivity index (χ1n) is 7.85. The second-order valence-corrected chi connectivity index (χ2v) is 5.75. The van der Waals surface area contributed by atoms with E-state index in [0.717, 1.165) is 30.4 Å². The first kappa shape index (κ1) is 14.9. The van der Waals surface area contributed by atoms with Crippen molar-refractivity contribution in [1.82, 2.24) is 4.90 Å². The molecule has 22 heavy (non-hydrogen) atoms. The third-order valence-electron chi connectivity index (χ3n) is 4.19. The van der Waals surface area contributed by atoms with Crippen molar-refractivity contribution in [1.29, 1.82) is 0 Å². The fraction of sp³-hybridized carbons (Fsp3) is 0.389. The number of rotatable bonds is 5. The molecule has 0 aromatic heterocycles. The Labute approximate surface area is 130 Å². The van der Waals surface area contributed by atoms with E-state index in [2.05, 4.69) is 4.90 Å². The molecule has 0 aliphatic carbocycles. The van der Waals surface area contributed by atoms with Crippen molar-refractivity contribution >= 4 is 16.7 Å². The molecule has 4 nitrogen and oxygen atoms in total. The van der Waals surface area contributed by atoms with Gasteiger partial charge >= 0.3 is 5.97 Å². The number of carbonyl (C=O) groups is 1. The van der Waals surface area contributed by atoms with Gasteiger partial charge in [-0.15, -0.1) is 0 Å². The van der Waals surface area contributed by atoms with Gasteiger partial charge in [0, 0.05) is 6.54 Å². The molecule has 116 valence electrons. The summed E-state index contributed by atoms with van der Waals surface area (Å²) < 4.78 is 5.79. The van der Waals surface area contributed by atoms with Crippen LogP contribution in [0, 0.1) is 0 Å². The predicted octanol–water partition coefficient (Wildman–Crippen LogP) is 3.40. The lowest BCUT2D eigenvalue weighted by atomic mass is 10.1. The molecule has 0 amide bonds. The van der Waals surface area contributed by atoms with E-state index in [1.807, 2.05) is 30.3 Å². The fourth-order valence-electron chi connectivity index (χ4n) is 2.97. The van der Waals surface area contributed by atoms with Crippen molar-refractivity contribution in [2.75, 3.05) is 26.2 Å². The Balaban J connectivity index is 1.73. The van der Waals surface area contributed by atoms with Crippen molar-refractivity contribution < 1.29 is 14.6 Å². The molecule has 0 atom stereocenters. The molecular weight excluding hydrogens is 278 g/mol. The van der Waals surface area contributed by atoms with Gasteiger partial charge < -0.3 is 9.84 Å². The van der Waals surface area contributed by atoms with E-state index in [1.165, 1.54) is 19.3 Å². The van der Waals surface area contributed by atoms with Crippen LogP contribution in [0.4, 0.5) is 0 Å². The van der Waals surface area contributed by atoms with Crippen LogP contribution in [-0.4, -0.2) is 42.2 Å². The second kappa shape index (κ2) is 6.79. The molecule has 0 unspecified atom stereocenters. The number of piperidine rings is 1. The summed E-state index contributed by atoms with van der Waals surface area (Å²) in [5.74, 6) is -0.484. The summed E-state index contributed by atoms with van der Waals surface area (Å²) in [6, 6.07) is 11.3. The number of hydrogen-bond donors (Lipinski definition) is 1. The van der Waals surface area contributed by atoms with E-state index in [4.69, 9.17) is 4.74 Å². The van der Waals surface area contributed by atoms with E-state index in [0.29, 0.717) is 12.4 Å². The third-order valence-corrected chi connectivity index (χ3v) is 4.19. The number of likely N-dealkylation sites (tertiary alicyclic amines) is 1. The maximum absolute atomic E-state index is 11.4. The Morgan fingerprint density at radius 2 is 1.77 bits per heavy atom. The van der Waals surface area contributed by atoms with Gasteiger partial charge in [0.2, 0.25) is 0 Å². The van der Waals surface area contributed by atoms with Crippen molar-refractivity contribution in [3.05, 3.63) is 42.0 Å². The van der Waals surface area contributed by atoms with Crippen molar-refractivity contribution in [2.24, 2.45) is 0 Å². The normalized spacial score (nSPS) is 15.8. The van der Waals surface area contributed by atoms with Crippen LogP contribution in [0.15, 0.2) is 36.4 Å². The van der Waals surface area contributed by atoms with E-state index in [9.17, 15) is 9.90 Å². The van der Waals surface area contributed by atoms with Gasteiger partial charge in [-0.1, -0.05) is 30.7 Å². The van der Waals surface area contributed by atoms with Gasteiger partial charge in [-0.3, -0.25) is 4.90 Å². The monoisotopic (exact) mass is 299 g/mol. The molecule has 0 bridgehead atoms. The van der Waals surface area contributed by atoms with Gasteiger partial charge in [-0.05, 0) is 48.8 Å². The van der Waals surface area contributed by atoms with Crippen molar-refractivity contribution in [2.45, 2.75) is 19.3 Å². The Morgan fingerprint density at radius 1 is 1.09 bits per heavy atom. The van der Waals surface area contributed by atoms with Crippen LogP contribution in [0.3, 0.4) is 0 Å². The topological polar surface area (TPSA) is 49.8 Å². The van der Waals surface area contributed by atoms with Gasteiger partial charge in [-0.25, -0.2) is 4.79 Å². The number of fused-ring (bicyclic) bond motifs is 1. The van der Waals surface area contributed by atoms with Gasteiger partial charge in [0.05, 0.1) is 0 Å². The zero-order valence-corrected chi connectivity index (χ0v) is 12.6. The molecule has 0 spiro atoms. The van der Waals surface area contributed by atoms with E-state index >= 15 is 0 Å². The van der Waals surface area contributed by atoms with Crippen LogP contribution in [0.1, 0.15) is 29.6 Å². The second-order valence-electron chi connectivity index (χ2n) is 5.75. The van der Waals surface area contributed by atoms with Crippen LogP contribution >= 0.6 is 0 Å². The maximum Gasteiger partial charge on any atom is 0.339 e. The number of carboxylic acids is 1. The molecule has 1 aliphatic heterocycles. The average molecular weight is 299 g/mol. The highest BCUT2D eigenvalue weighted by Gasteiger charge is 2.14. The first-order valence-corrected chi connectivity index (χ1v) is 7.85. The van der Waals surface area contributed by atoms with Crippen LogP contribution in [0.5, 0.6) is 5.75 Å². The minimum Gasteiger partial charge on any atom is -0.491 e. The Morgan fingerprint density at radius 3 is 2.45 bits per heavy atom. The highest BCUT2D eigenvalue weighted by Crippen LogP contribution is 2.26. The van der Waals surface area contributed by atoms with Crippen molar-refractivity contribution in [3.63, 3.8) is 0 Å². The Kier molecular flexibility index (Phi) is 4.59. The zero-order valence-electron chi connectivity index (χ0n) is 12.6. The van der Waals surface area contributed by atoms with Crippen molar-refractivity contribution in [3.8, 4) is 5.75 Å². The molecule has 4 heteroatoms. The van der Waals surface area contributed by atoms with Gasteiger partial charge in [0.25, 0.3) is 0 Å². The largest absolute Gasteiger partial charge is 0.491 e. The van der Waals surface area contributed by atoms with Crippen LogP contribution < -0.4 is 4.74 Å². The first-order chi connectivity index (χ1) is 10.7. The zero-order chi connectivity index (χ0) is 15.4. The molecular formula is C18H21NO3. The lowest BCUT2D eigenvalue weighted by Crippen LogP contribution is -2.33. The number of carboxylic acid groups (broad SMARTS) is 1. The minimum atomic E-state index is -0.946. The molecule has 2 aromatic carbocycles. The minimum absolute atomic E-state index is 0.234. The third kappa shape index (κ3) is 3.39. The maximum atomic E-state index is 11.4. The van der Waals surface area contributed by atoms with E-state index in [-0.39, 0.29) is 5.56 Å². The molecule has 1 heterocycles. The lowest BCUT2D eigenvalue weighted by molar-refractivity contribution is 0.0691. The summed E-state index contributed by atoms with van der Waals surface area (Å²) in [7, 11) is 0. The lowest BCUT2D eigenvalue weighted by Gasteiger charge is -2.26. The number of nitrogens with zero attached hydrogens (tertiary/aromatic N) is 1. The average Bonchev–Trinajstić information content (AvgIpc) is 2.55. The smallest absolute Gasteiger partial charge is 0.339 e. The van der Waals surface area contributed by atoms with Crippen LogP contribution in [0.2, 0.25) is 0 Å². The quantitative estimate of drug-likeness (QED) is 0.919. The van der Waals surface area contributed by atoms with Crippen LogP contribution in [-0.2, 0) is 0 Å². The standard InChI is InChI=1S/C18H21NO3/c20-18(21)16-12-14-6-2-3-7-15(14)13-17(16)22-11-10-19-8-4-1-5-9-19/h2-3,6-7,12-13H,1,4-5,8-11H2,(H,20,21). The highest BCUT2D eigenvalue weighted by atomic mass is 16.5. The molecule has 1 saturated heterocycles. The molecule has 3 rings (SSSR count). The summed E-state index contributed by atoms with van der Waals surface area (Å²) in [4.78, 5) is 13.8. The van der Waals surface area contributed by atoms with E-state index < -0.39 is 5.97 Å². The Bertz CT molecular complexity index is 662.